The highest BCUT2D eigenvalue weighted by atomic mass is 16.7. The van der Waals surface area contributed by atoms with Gasteiger partial charge in [0.15, 0.2) is 0 Å². The second-order valence-electron chi connectivity index (χ2n) is 4.12. The number of carbonyl (C=O) groups excluding carboxylic acids is 1. The van der Waals surface area contributed by atoms with E-state index in [4.69, 9.17) is 9.57 Å². The van der Waals surface area contributed by atoms with Crippen LogP contribution in [-0.4, -0.2) is 29.7 Å². The molecule has 4 heteroatoms. The van der Waals surface area contributed by atoms with Crippen molar-refractivity contribution in [2.24, 2.45) is 0 Å². The van der Waals surface area contributed by atoms with Crippen LogP contribution in [0, 0.1) is 0 Å². The molecule has 0 aromatic rings. The first kappa shape index (κ1) is 9.52. The predicted octanol–water partition coefficient (Wildman–Crippen LogP) is 1.23. The van der Waals surface area contributed by atoms with Crippen molar-refractivity contribution >= 4 is 5.97 Å². The predicted molar refractivity (Wildman–Crippen MR) is 50.1 cm³/mol. The Labute approximate surface area is 83.4 Å². The Balaban J connectivity index is 2.27. The van der Waals surface area contributed by atoms with Crippen molar-refractivity contribution < 1.29 is 14.4 Å². The van der Waals surface area contributed by atoms with Gasteiger partial charge in [0.25, 0.3) is 0 Å². The van der Waals surface area contributed by atoms with Crippen LogP contribution in [0.25, 0.3) is 0 Å². The molecule has 0 unspecified atom stereocenters. The average Bonchev–Trinajstić information content (AvgIpc) is 2.64. The van der Waals surface area contributed by atoms with Crippen molar-refractivity contribution in [1.29, 1.82) is 0 Å². The average molecular weight is 197 g/mol. The lowest BCUT2D eigenvalue weighted by atomic mass is 9.91. The van der Waals surface area contributed by atoms with Crippen LogP contribution in [0.3, 0.4) is 0 Å². The van der Waals surface area contributed by atoms with Crippen molar-refractivity contribution in [3.63, 3.8) is 0 Å². The molecule has 0 aromatic carbocycles. The van der Waals surface area contributed by atoms with Crippen LogP contribution >= 0.6 is 0 Å². The maximum Gasteiger partial charge on any atom is 0.338 e. The molecular formula is C10H15NO3. The van der Waals surface area contributed by atoms with Gasteiger partial charge in [0, 0.05) is 6.04 Å². The second kappa shape index (κ2) is 2.98. The molecule has 14 heavy (non-hydrogen) atoms. The summed E-state index contributed by atoms with van der Waals surface area (Å²) in [4.78, 5) is 16.9. The molecule has 2 atom stereocenters. The Bertz CT molecular complexity index is 300. The maximum atomic E-state index is 11.5. The van der Waals surface area contributed by atoms with E-state index in [1.165, 1.54) is 13.4 Å². The third-order valence-electron chi connectivity index (χ3n) is 3.21. The summed E-state index contributed by atoms with van der Waals surface area (Å²) in [5.74, 6) is -0.288. The molecule has 78 valence electrons. The lowest BCUT2D eigenvalue weighted by Gasteiger charge is -2.28. The minimum absolute atomic E-state index is 0.285. The molecule has 0 saturated carbocycles. The van der Waals surface area contributed by atoms with E-state index in [0.717, 1.165) is 12.8 Å². The second-order valence-corrected chi connectivity index (χ2v) is 4.12. The molecule has 0 radical (unpaired) electrons. The van der Waals surface area contributed by atoms with Gasteiger partial charge in [-0.15, -0.1) is 5.06 Å². The van der Waals surface area contributed by atoms with Crippen LogP contribution in [0.2, 0.25) is 0 Å². The van der Waals surface area contributed by atoms with Crippen LogP contribution < -0.4 is 0 Å². The largest absolute Gasteiger partial charge is 0.466 e. The van der Waals surface area contributed by atoms with Crippen LogP contribution in [0.5, 0.6) is 0 Å². The third-order valence-corrected chi connectivity index (χ3v) is 3.21. The van der Waals surface area contributed by atoms with Gasteiger partial charge < -0.3 is 9.57 Å². The van der Waals surface area contributed by atoms with Crippen LogP contribution in [0.15, 0.2) is 11.8 Å². The molecule has 1 saturated heterocycles. The van der Waals surface area contributed by atoms with Crippen LogP contribution in [0.4, 0.5) is 0 Å². The van der Waals surface area contributed by atoms with Gasteiger partial charge in [-0.2, -0.15) is 0 Å². The van der Waals surface area contributed by atoms with E-state index in [2.05, 4.69) is 6.92 Å². The van der Waals surface area contributed by atoms with Crippen molar-refractivity contribution in [1.82, 2.24) is 5.06 Å². The fourth-order valence-corrected chi connectivity index (χ4v) is 2.29. The van der Waals surface area contributed by atoms with E-state index in [9.17, 15) is 4.79 Å². The van der Waals surface area contributed by atoms with Gasteiger partial charge in [0.05, 0.1) is 18.2 Å². The number of hydrogen-bond acceptors (Lipinski definition) is 4. The van der Waals surface area contributed by atoms with Gasteiger partial charge in [-0.3, -0.25) is 0 Å². The van der Waals surface area contributed by atoms with Crippen molar-refractivity contribution in [2.45, 2.75) is 38.3 Å². The van der Waals surface area contributed by atoms with Crippen LogP contribution in [0.1, 0.15) is 26.7 Å². The minimum atomic E-state index is -0.288. The standard InChI is InChI=1S/C10H15NO3/c1-7-4-5-10(2)8(9(12)13-3)6-14-11(7)10/h6-7H,4-5H2,1-3H3/t7-,10+/m1/s1. The zero-order valence-electron chi connectivity index (χ0n) is 8.74. The van der Waals surface area contributed by atoms with Gasteiger partial charge in [-0.25, -0.2) is 4.79 Å². The highest BCUT2D eigenvalue weighted by Gasteiger charge is 2.51. The van der Waals surface area contributed by atoms with E-state index in [0.29, 0.717) is 11.6 Å². The van der Waals surface area contributed by atoms with Gasteiger partial charge >= 0.3 is 5.97 Å². The van der Waals surface area contributed by atoms with E-state index >= 15 is 0 Å². The van der Waals surface area contributed by atoms with E-state index in [1.54, 1.807) is 0 Å². The number of rotatable bonds is 1. The van der Waals surface area contributed by atoms with Gasteiger partial charge in [-0.05, 0) is 26.7 Å². The maximum absolute atomic E-state index is 11.5. The molecule has 2 aliphatic rings. The minimum Gasteiger partial charge on any atom is -0.466 e. The molecule has 2 rings (SSSR count). The molecule has 2 aliphatic heterocycles. The smallest absolute Gasteiger partial charge is 0.338 e. The summed E-state index contributed by atoms with van der Waals surface area (Å²) in [5, 5.41) is 1.89. The highest BCUT2D eigenvalue weighted by Crippen LogP contribution is 2.43. The van der Waals surface area contributed by atoms with Gasteiger partial charge in [-0.1, -0.05) is 0 Å². The topological polar surface area (TPSA) is 38.8 Å². The lowest BCUT2D eigenvalue weighted by Crippen LogP contribution is -2.42. The molecule has 1 fully saturated rings. The van der Waals surface area contributed by atoms with Crippen molar-refractivity contribution in [3.05, 3.63) is 11.8 Å². The highest BCUT2D eigenvalue weighted by molar-refractivity contribution is 5.91. The Morgan fingerprint density at radius 1 is 1.79 bits per heavy atom. The number of nitrogens with zero attached hydrogens (tertiary/aromatic N) is 1. The third kappa shape index (κ3) is 1.07. The number of hydroxylamine groups is 2. The molecule has 0 aliphatic carbocycles. The Morgan fingerprint density at radius 3 is 3.14 bits per heavy atom. The SMILES string of the molecule is COC(=O)C1=CON2[C@H](C)CC[C@@]12C. The molecule has 0 bridgehead atoms. The Morgan fingerprint density at radius 2 is 2.50 bits per heavy atom. The summed E-state index contributed by atoms with van der Waals surface area (Å²) in [7, 11) is 1.40. The summed E-state index contributed by atoms with van der Waals surface area (Å²) in [6.45, 7) is 4.12. The fourth-order valence-electron chi connectivity index (χ4n) is 2.29. The molecule has 0 amide bonds. The first-order chi connectivity index (χ1) is 6.59. The van der Waals surface area contributed by atoms with Crippen LogP contribution in [-0.2, 0) is 14.4 Å². The number of carbonyl (C=O) groups is 1. The number of methoxy groups -OCH3 is 1. The zero-order valence-corrected chi connectivity index (χ0v) is 8.74. The number of fused-ring (bicyclic) bond motifs is 1. The molecule has 0 N–H and O–H groups in total. The van der Waals surface area contributed by atoms with E-state index in [1.807, 2.05) is 12.0 Å². The number of esters is 1. The van der Waals surface area contributed by atoms with Gasteiger partial charge in [0.1, 0.15) is 6.26 Å². The first-order valence-electron chi connectivity index (χ1n) is 4.84. The number of hydrogen-bond donors (Lipinski definition) is 0. The Hall–Kier alpha value is -1.03. The molecule has 4 nitrogen and oxygen atoms in total. The summed E-state index contributed by atoms with van der Waals surface area (Å²) < 4.78 is 4.73. The fraction of sp³-hybridized carbons (Fsp3) is 0.700. The Kier molecular flexibility index (Phi) is 2.03. The normalized spacial score (nSPS) is 36.2. The first-order valence-corrected chi connectivity index (χ1v) is 4.84. The van der Waals surface area contributed by atoms with Crippen molar-refractivity contribution in [2.75, 3.05) is 7.11 Å². The molecule has 2 heterocycles. The van der Waals surface area contributed by atoms with Crippen molar-refractivity contribution in [3.8, 4) is 0 Å². The number of ether oxygens (including phenoxy) is 1. The van der Waals surface area contributed by atoms with Gasteiger partial charge in [0.2, 0.25) is 0 Å². The van der Waals surface area contributed by atoms with E-state index < -0.39 is 0 Å². The quantitative estimate of drug-likeness (QED) is 0.593. The monoisotopic (exact) mass is 197 g/mol. The van der Waals surface area contributed by atoms with E-state index in [-0.39, 0.29) is 11.5 Å². The summed E-state index contributed by atoms with van der Waals surface area (Å²) >= 11 is 0. The summed E-state index contributed by atoms with van der Waals surface area (Å²) in [6.07, 6.45) is 3.50. The summed E-state index contributed by atoms with van der Waals surface area (Å²) in [5.41, 5.74) is 0.344. The molecule has 0 aromatic heterocycles. The molecular weight excluding hydrogens is 182 g/mol. The lowest BCUT2D eigenvalue weighted by molar-refractivity contribution is -0.146. The zero-order chi connectivity index (χ0) is 10.3. The molecule has 0 spiro atoms. The summed E-state index contributed by atoms with van der Waals surface area (Å²) in [6, 6.07) is 0.360.